The van der Waals surface area contributed by atoms with E-state index in [9.17, 15) is 4.79 Å². The van der Waals surface area contributed by atoms with Crippen LogP contribution in [0.5, 0.6) is 0 Å². The average molecular weight is 154 g/mol. The average Bonchev–Trinajstić information content (AvgIpc) is 2.60. The maximum Gasteiger partial charge on any atom is 0.306 e. The molecule has 2 aliphatic rings. The van der Waals surface area contributed by atoms with Crippen LogP contribution in [0.3, 0.4) is 0 Å². The Bertz CT molecular complexity index is 170. The van der Waals surface area contributed by atoms with E-state index in [1.54, 1.807) is 0 Å². The van der Waals surface area contributed by atoms with E-state index in [1.165, 1.54) is 25.7 Å². The minimum atomic E-state index is -0.568. The van der Waals surface area contributed by atoms with Gasteiger partial charge >= 0.3 is 5.97 Å². The summed E-state index contributed by atoms with van der Waals surface area (Å²) in [7, 11) is 0. The van der Waals surface area contributed by atoms with Crippen molar-refractivity contribution in [3.8, 4) is 0 Å². The Morgan fingerprint density at radius 1 is 1.27 bits per heavy atom. The first-order chi connectivity index (χ1) is 5.29. The molecule has 62 valence electrons. The van der Waals surface area contributed by atoms with Gasteiger partial charge in [-0.15, -0.1) is 0 Å². The molecule has 0 unspecified atom stereocenters. The zero-order chi connectivity index (χ0) is 7.84. The lowest BCUT2D eigenvalue weighted by atomic mass is 10.0. The standard InChI is InChI=1S/C9H14O2/c10-9(11)8-5-7(8)6-3-1-2-4-6/h6-8H,1-5H2,(H,10,11)/t7-,8-/m1/s1. The molecule has 2 fully saturated rings. The molecule has 2 rings (SSSR count). The quantitative estimate of drug-likeness (QED) is 0.659. The molecular weight excluding hydrogens is 140 g/mol. The van der Waals surface area contributed by atoms with Crippen molar-refractivity contribution in [2.24, 2.45) is 17.8 Å². The fourth-order valence-electron chi connectivity index (χ4n) is 2.41. The molecule has 0 amide bonds. The van der Waals surface area contributed by atoms with Crippen molar-refractivity contribution in [2.75, 3.05) is 0 Å². The van der Waals surface area contributed by atoms with Gasteiger partial charge in [0.1, 0.15) is 0 Å². The molecule has 0 aromatic heterocycles. The van der Waals surface area contributed by atoms with Crippen molar-refractivity contribution in [3.05, 3.63) is 0 Å². The van der Waals surface area contributed by atoms with Gasteiger partial charge in [0.15, 0.2) is 0 Å². The van der Waals surface area contributed by atoms with Gasteiger partial charge in [-0.05, 0) is 18.3 Å². The third-order valence-electron chi connectivity index (χ3n) is 3.16. The topological polar surface area (TPSA) is 37.3 Å². The van der Waals surface area contributed by atoms with E-state index < -0.39 is 5.97 Å². The van der Waals surface area contributed by atoms with Crippen LogP contribution in [0, 0.1) is 17.8 Å². The van der Waals surface area contributed by atoms with Crippen LogP contribution < -0.4 is 0 Å². The number of carboxylic acids is 1. The molecule has 2 nitrogen and oxygen atoms in total. The highest BCUT2D eigenvalue weighted by atomic mass is 16.4. The first kappa shape index (κ1) is 7.14. The van der Waals surface area contributed by atoms with Gasteiger partial charge in [-0.2, -0.15) is 0 Å². The molecular formula is C9H14O2. The fourth-order valence-corrected chi connectivity index (χ4v) is 2.41. The molecule has 2 heteroatoms. The van der Waals surface area contributed by atoms with Crippen LogP contribution in [0.2, 0.25) is 0 Å². The third kappa shape index (κ3) is 1.26. The number of carbonyl (C=O) groups is 1. The van der Waals surface area contributed by atoms with E-state index in [2.05, 4.69) is 0 Å². The summed E-state index contributed by atoms with van der Waals surface area (Å²) in [4.78, 5) is 10.5. The summed E-state index contributed by atoms with van der Waals surface area (Å²) in [5.41, 5.74) is 0. The monoisotopic (exact) mass is 154 g/mol. The van der Waals surface area contributed by atoms with Crippen molar-refractivity contribution in [2.45, 2.75) is 32.1 Å². The fraction of sp³-hybridized carbons (Fsp3) is 0.889. The van der Waals surface area contributed by atoms with E-state index in [1.807, 2.05) is 0 Å². The second-order valence-corrected chi connectivity index (χ2v) is 3.89. The largest absolute Gasteiger partial charge is 0.481 e. The number of carboxylic acid groups (broad SMARTS) is 1. The SMILES string of the molecule is O=C(O)[C@@H]1C[C@@H]1C1CCCC1. The van der Waals surface area contributed by atoms with E-state index in [0.717, 1.165) is 12.3 Å². The zero-order valence-electron chi connectivity index (χ0n) is 6.62. The molecule has 11 heavy (non-hydrogen) atoms. The van der Waals surface area contributed by atoms with Crippen LogP contribution >= 0.6 is 0 Å². The summed E-state index contributed by atoms with van der Waals surface area (Å²) in [6, 6.07) is 0. The van der Waals surface area contributed by atoms with Gasteiger partial charge in [0.2, 0.25) is 0 Å². The molecule has 0 aromatic carbocycles. The zero-order valence-corrected chi connectivity index (χ0v) is 6.62. The van der Waals surface area contributed by atoms with Crippen molar-refractivity contribution >= 4 is 5.97 Å². The first-order valence-corrected chi connectivity index (χ1v) is 4.52. The lowest BCUT2D eigenvalue weighted by molar-refractivity contribution is -0.139. The van der Waals surface area contributed by atoms with Crippen LogP contribution in [0.4, 0.5) is 0 Å². The molecule has 0 aromatic rings. The maximum absolute atomic E-state index is 10.5. The highest BCUT2D eigenvalue weighted by Gasteiger charge is 2.47. The first-order valence-electron chi connectivity index (χ1n) is 4.52. The Kier molecular flexibility index (Phi) is 1.63. The molecule has 0 spiro atoms. The minimum absolute atomic E-state index is 0.0260. The Balaban J connectivity index is 1.85. The van der Waals surface area contributed by atoms with Crippen molar-refractivity contribution in [3.63, 3.8) is 0 Å². The predicted octanol–water partition coefficient (Wildman–Crippen LogP) is 1.90. The second-order valence-electron chi connectivity index (χ2n) is 3.89. The molecule has 0 saturated heterocycles. The molecule has 0 radical (unpaired) electrons. The van der Waals surface area contributed by atoms with Crippen LogP contribution in [-0.2, 0) is 4.79 Å². The summed E-state index contributed by atoms with van der Waals surface area (Å²) >= 11 is 0. The number of aliphatic carboxylic acids is 1. The van der Waals surface area contributed by atoms with Gasteiger partial charge in [0, 0.05) is 0 Å². The van der Waals surface area contributed by atoms with Crippen molar-refractivity contribution in [1.29, 1.82) is 0 Å². The van der Waals surface area contributed by atoms with Crippen LogP contribution in [0.1, 0.15) is 32.1 Å². The molecule has 2 aliphatic carbocycles. The summed E-state index contributed by atoms with van der Waals surface area (Å²) in [6.45, 7) is 0. The van der Waals surface area contributed by atoms with Gasteiger partial charge < -0.3 is 5.11 Å². The smallest absolute Gasteiger partial charge is 0.306 e. The molecule has 0 aliphatic heterocycles. The van der Waals surface area contributed by atoms with Crippen LogP contribution in [0.15, 0.2) is 0 Å². The Morgan fingerprint density at radius 2 is 1.91 bits per heavy atom. The normalized spacial score (nSPS) is 37.5. The number of hydrogen-bond donors (Lipinski definition) is 1. The molecule has 2 saturated carbocycles. The summed E-state index contributed by atoms with van der Waals surface area (Å²) in [5, 5.41) is 8.68. The van der Waals surface area contributed by atoms with Crippen molar-refractivity contribution < 1.29 is 9.90 Å². The Morgan fingerprint density at radius 3 is 2.36 bits per heavy atom. The van der Waals surface area contributed by atoms with E-state index in [0.29, 0.717) is 5.92 Å². The van der Waals surface area contributed by atoms with Gasteiger partial charge in [-0.1, -0.05) is 25.7 Å². The van der Waals surface area contributed by atoms with E-state index >= 15 is 0 Å². The lowest BCUT2D eigenvalue weighted by Gasteiger charge is -2.04. The summed E-state index contributed by atoms with van der Waals surface area (Å²) in [6.07, 6.45) is 6.18. The molecule has 2 atom stereocenters. The van der Waals surface area contributed by atoms with Gasteiger partial charge in [0.25, 0.3) is 0 Å². The van der Waals surface area contributed by atoms with Gasteiger partial charge in [-0.25, -0.2) is 0 Å². The molecule has 0 bridgehead atoms. The summed E-state index contributed by atoms with van der Waals surface area (Å²) in [5.74, 6) is 0.770. The third-order valence-corrected chi connectivity index (χ3v) is 3.16. The van der Waals surface area contributed by atoms with Crippen LogP contribution in [-0.4, -0.2) is 11.1 Å². The minimum Gasteiger partial charge on any atom is -0.481 e. The highest BCUT2D eigenvalue weighted by Crippen LogP contribution is 2.50. The van der Waals surface area contributed by atoms with Gasteiger partial charge in [-0.3, -0.25) is 4.79 Å². The van der Waals surface area contributed by atoms with Crippen LogP contribution in [0.25, 0.3) is 0 Å². The Hall–Kier alpha value is -0.530. The number of rotatable bonds is 2. The lowest BCUT2D eigenvalue weighted by Crippen LogP contribution is -2.04. The van der Waals surface area contributed by atoms with Crippen molar-refractivity contribution in [1.82, 2.24) is 0 Å². The highest BCUT2D eigenvalue weighted by molar-refractivity contribution is 5.73. The number of hydrogen-bond acceptors (Lipinski definition) is 1. The second kappa shape index (κ2) is 2.50. The Labute approximate surface area is 66.6 Å². The molecule has 1 N–H and O–H groups in total. The van der Waals surface area contributed by atoms with Gasteiger partial charge in [0.05, 0.1) is 5.92 Å². The van der Waals surface area contributed by atoms with E-state index in [4.69, 9.17) is 5.11 Å². The predicted molar refractivity (Wildman–Crippen MR) is 41.2 cm³/mol. The van der Waals surface area contributed by atoms with E-state index in [-0.39, 0.29) is 5.92 Å². The molecule has 0 heterocycles. The summed E-state index contributed by atoms with van der Waals surface area (Å²) < 4.78 is 0. The maximum atomic E-state index is 10.5.